The summed E-state index contributed by atoms with van der Waals surface area (Å²) in [6.07, 6.45) is 3.06. The fraction of sp³-hybridized carbons (Fsp3) is 0.261. The van der Waals surface area contributed by atoms with Crippen LogP contribution in [0.4, 0.5) is 0 Å². The summed E-state index contributed by atoms with van der Waals surface area (Å²) in [6.45, 7) is 4.89. The van der Waals surface area contributed by atoms with Gasteiger partial charge in [0.15, 0.2) is 0 Å². The summed E-state index contributed by atoms with van der Waals surface area (Å²) in [7, 11) is 3.18. The Morgan fingerprint density at radius 1 is 1.00 bits per heavy atom. The summed E-state index contributed by atoms with van der Waals surface area (Å²) in [5, 5.41) is 0. The van der Waals surface area contributed by atoms with Crippen molar-refractivity contribution in [3.05, 3.63) is 65.6 Å². The third-order valence-electron chi connectivity index (χ3n) is 4.56. The number of carbonyl (C=O) groups excluding carboxylic acids is 1. The van der Waals surface area contributed by atoms with E-state index in [0.717, 1.165) is 22.4 Å². The molecule has 0 aliphatic carbocycles. The van der Waals surface area contributed by atoms with E-state index in [9.17, 15) is 4.79 Å². The number of hydrazine groups is 1. The molecule has 0 radical (unpaired) electrons. The predicted molar refractivity (Wildman–Crippen MR) is 117 cm³/mol. The van der Waals surface area contributed by atoms with Crippen LogP contribution in [0.5, 0.6) is 17.2 Å². The van der Waals surface area contributed by atoms with Crippen molar-refractivity contribution in [1.82, 2.24) is 20.8 Å². The molecule has 0 saturated heterocycles. The van der Waals surface area contributed by atoms with E-state index in [1.165, 1.54) is 6.20 Å². The zero-order chi connectivity index (χ0) is 22.2. The molecule has 162 valence electrons. The van der Waals surface area contributed by atoms with Gasteiger partial charge in [0, 0.05) is 18.2 Å². The maximum absolute atomic E-state index is 12.5. The van der Waals surface area contributed by atoms with E-state index in [2.05, 4.69) is 20.8 Å². The lowest BCUT2D eigenvalue weighted by Gasteiger charge is -2.11. The van der Waals surface area contributed by atoms with Crippen LogP contribution in [-0.2, 0) is 6.54 Å². The molecule has 0 unspecified atom stereocenters. The Kier molecular flexibility index (Phi) is 7.40. The Balaban J connectivity index is 1.67. The molecular formula is C23H26N4O4. The monoisotopic (exact) mass is 422 g/mol. The SMILES string of the molecule is CCOc1ccc(-c2cncc(C(=O)NNCc3cc(OC)cc(OC)c3)n2)c(C)c1. The molecule has 0 atom stereocenters. The Labute approximate surface area is 181 Å². The minimum absolute atomic E-state index is 0.210. The number of ether oxygens (including phenoxy) is 3. The van der Waals surface area contributed by atoms with E-state index in [4.69, 9.17) is 14.2 Å². The second-order valence-electron chi connectivity index (χ2n) is 6.73. The first-order valence-corrected chi connectivity index (χ1v) is 9.85. The average Bonchev–Trinajstić information content (AvgIpc) is 2.79. The van der Waals surface area contributed by atoms with Crippen molar-refractivity contribution in [3.8, 4) is 28.5 Å². The van der Waals surface area contributed by atoms with Gasteiger partial charge in [-0.3, -0.25) is 15.2 Å². The Morgan fingerprint density at radius 3 is 2.39 bits per heavy atom. The second-order valence-corrected chi connectivity index (χ2v) is 6.73. The summed E-state index contributed by atoms with van der Waals surface area (Å²) in [6, 6.07) is 11.2. The van der Waals surface area contributed by atoms with Crippen LogP contribution >= 0.6 is 0 Å². The van der Waals surface area contributed by atoms with Crippen molar-refractivity contribution >= 4 is 5.91 Å². The molecule has 31 heavy (non-hydrogen) atoms. The minimum atomic E-state index is -0.382. The summed E-state index contributed by atoms with van der Waals surface area (Å²) in [5.74, 6) is 1.76. The molecule has 0 saturated carbocycles. The quantitative estimate of drug-likeness (QED) is 0.511. The summed E-state index contributed by atoms with van der Waals surface area (Å²) in [4.78, 5) is 21.2. The van der Waals surface area contributed by atoms with E-state index < -0.39 is 0 Å². The molecule has 0 aliphatic heterocycles. The van der Waals surface area contributed by atoms with E-state index in [0.29, 0.717) is 30.3 Å². The maximum atomic E-state index is 12.5. The van der Waals surface area contributed by atoms with Gasteiger partial charge in [-0.25, -0.2) is 10.4 Å². The fourth-order valence-corrected chi connectivity index (χ4v) is 3.04. The number of amides is 1. The zero-order valence-corrected chi connectivity index (χ0v) is 18.1. The highest BCUT2D eigenvalue weighted by Gasteiger charge is 2.12. The Hall–Kier alpha value is -3.65. The third-order valence-corrected chi connectivity index (χ3v) is 4.56. The molecule has 8 nitrogen and oxygen atoms in total. The van der Waals surface area contributed by atoms with Crippen LogP contribution in [0.1, 0.15) is 28.5 Å². The number of hydrogen-bond donors (Lipinski definition) is 2. The molecule has 1 heterocycles. The molecule has 1 aromatic heterocycles. The van der Waals surface area contributed by atoms with Gasteiger partial charge in [-0.05, 0) is 55.3 Å². The maximum Gasteiger partial charge on any atom is 0.285 e. The molecular weight excluding hydrogens is 396 g/mol. The van der Waals surface area contributed by atoms with Crippen molar-refractivity contribution in [2.75, 3.05) is 20.8 Å². The molecule has 0 bridgehead atoms. The molecule has 3 rings (SSSR count). The fourth-order valence-electron chi connectivity index (χ4n) is 3.04. The number of hydrogen-bond acceptors (Lipinski definition) is 7. The van der Waals surface area contributed by atoms with Gasteiger partial charge in [0.25, 0.3) is 5.91 Å². The number of aromatic nitrogens is 2. The van der Waals surface area contributed by atoms with Gasteiger partial charge < -0.3 is 14.2 Å². The van der Waals surface area contributed by atoms with Crippen LogP contribution in [0.3, 0.4) is 0 Å². The molecule has 1 amide bonds. The van der Waals surface area contributed by atoms with E-state index >= 15 is 0 Å². The van der Waals surface area contributed by atoms with Gasteiger partial charge in [-0.2, -0.15) is 0 Å². The number of aryl methyl sites for hydroxylation is 1. The van der Waals surface area contributed by atoms with Gasteiger partial charge in [0.2, 0.25) is 0 Å². The van der Waals surface area contributed by atoms with Gasteiger partial charge >= 0.3 is 0 Å². The van der Waals surface area contributed by atoms with E-state index in [1.807, 2.05) is 44.2 Å². The topological polar surface area (TPSA) is 94.6 Å². The van der Waals surface area contributed by atoms with E-state index in [1.54, 1.807) is 26.5 Å². The van der Waals surface area contributed by atoms with Crippen LogP contribution in [0.2, 0.25) is 0 Å². The number of methoxy groups -OCH3 is 2. The highest BCUT2D eigenvalue weighted by molar-refractivity contribution is 5.92. The van der Waals surface area contributed by atoms with Gasteiger partial charge in [-0.1, -0.05) is 0 Å². The first kappa shape index (κ1) is 22.0. The Bertz CT molecular complexity index is 1030. The van der Waals surface area contributed by atoms with Crippen LogP contribution in [-0.4, -0.2) is 36.7 Å². The largest absolute Gasteiger partial charge is 0.497 e. The predicted octanol–water partition coefficient (Wildman–Crippen LogP) is 3.30. The van der Waals surface area contributed by atoms with Crippen LogP contribution in [0.25, 0.3) is 11.3 Å². The molecule has 0 fully saturated rings. The zero-order valence-electron chi connectivity index (χ0n) is 18.1. The highest BCUT2D eigenvalue weighted by atomic mass is 16.5. The molecule has 0 aliphatic rings. The molecule has 0 spiro atoms. The first-order chi connectivity index (χ1) is 15.0. The van der Waals surface area contributed by atoms with E-state index in [-0.39, 0.29) is 11.6 Å². The summed E-state index contributed by atoms with van der Waals surface area (Å²) >= 11 is 0. The van der Waals surface area contributed by atoms with Crippen LogP contribution in [0.15, 0.2) is 48.8 Å². The second kappa shape index (κ2) is 10.4. The van der Waals surface area contributed by atoms with Crippen molar-refractivity contribution < 1.29 is 19.0 Å². The lowest BCUT2D eigenvalue weighted by atomic mass is 10.1. The number of carbonyl (C=O) groups is 1. The summed E-state index contributed by atoms with van der Waals surface area (Å²) < 4.78 is 16.0. The lowest BCUT2D eigenvalue weighted by Crippen LogP contribution is -2.37. The normalized spacial score (nSPS) is 10.5. The van der Waals surface area contributed by atoms with Crippen LogP contribution < -0.4 is 25.1 Å². The van der Waals surface area contributed by atoms with Crippen molar-refractivity contribution in [1.29, 1.82) is 0 Å². The molecule has 3 aromatic rings. The molecule has 2 aromatic carbocycles. The number of rotatable bonds is 9. The first-order valence-electron chi connectivity index (χ1n) is 9.85. The molecule has 8 heteroatoms. The number of nitrogens with zero attached hydrogens (tertiary/aromatic N) is 2. The van der Waals surface area contributed by atoms with Crippen molar-refractivity contribution in [3.63, 3.8) is 0 Å². The Morgan fingerprint density at radius 2 is 1.74 bits per heavy atom. The molecule has 2 N–H and O–H groups in total. The van der Waals surface area contributed by atoms with Crippen LogP contribution in [0, 0.1) is 6.92 Å². The standard InChI is InChI=1S/C23H26N4O4/c1-5-31-17-6-7-20(15(2)8-17)21-13-24-14-22(26-21)23(28)27-25-12-16-9-18(29-3)11-19(10-16)30-4/h6-11,13-14,25H,5,12H2,1-4H3,(H,27,28). The van der Waals surface area contributed by atoms with Gasteiger partial charge in [-0.15, -0.1) is 0 Å². The lowest BCUT2D eigenvalue weighted by molar-refractivity contribution is 0.0927. The third kappa shape index (κ3) is 5.70. The van der Waals surface area contributed by atoms with Gasteiger partial charge in [0.05, 0.1) is 38.9 Å². The van der Waals surface area contributed by atoms with Crippen molar-refractivity contribution in [2.45, 2.75) is 20.4 Å². The van der Waals surface area contributed by atoms with Gasteiger partial charge in [0.1, 0.15) is 22.9 Å². The van der Waals surface area contributed by atoms with Crippen molar-refractivity contribution in [2.24, 2.45) is 0 Å². The highest BCUT2D eigenvalue weighted by Crippen LogP contribution is 2.25. The summed E-state index contributed by atoms with van der Waals surface area (Å²) in [5.41, 5.74) is 9.14. The number of nitrogens with one attached hydrogen (secondary N) is 2. The average molecular weight is 422 g/mol. The number of benzene rings is 2. The minimum Gasteiger partial charge on any atom is -0.497 e. The smallest absolute Gasteiger partial charge is 0.285 e.